The first-order valence-corrected chi connectivity index (χ1v) is 9.42. The van der Waals surface area contributed by atoms with E-state index in [0.717, 1.165) is 19.3 Å². The van der Waals surface area contributed by atoms with E-state index in [1.165, 1.54) is 4.57 Å². The van der Waals surface area contributed by atoms with E-state index >= 15 is 0 Å². The number of aliphatic hydroxyl groups is 1. The molecular formula is C19H25ClN2O5. The Morgan fingerprint density at radius 1 is 1.15 bits per heavy atom. The number of aromatic nitrogens is 2. The SMILES string of the molecule is O=C(O)CCCCCCc1c(O)[nH]c(=O)n1CCC(O)c1ccc(Cl)cc1. The number of carboxylic acid groups (broad SMARTS) is 1. The number of aromatic amines is 1. The van der Waals surface area contributed by atoms with Crippen LogP contribution in [0.2, 0.25) is 5.02 Å². The van der Waals surface area contributed by atoms with Crippen LogP contribution in [-0.2, 0) is 17.8 Å². The Kier molecular flexibility index (Phi) is 7.94. The molecule has 0 radical (unpaired) electrons. The van der Waals surface area contributed by atoms with Crippen molar-refractivity contribution in [2.24, 2.45) is 0 Å². The van der Waals surface area contributed by atoms with Gasteiger partial charge >= 0.3 is 11.7 Å². The Balaban J connectivity index is 1.90. The number of halogens is 1. The summed E-state index contributed by atoms with van der Waals surface area (Å²) in [5.74, 6) is -0.946. The second-order valence-electron chi connectivity index (χ2n) is 6.54. The number of benzene rings is 1. The minimum Gasteiger partial charge on any atom is -0.493 e. The fraction of sp³-hybridized carbons (Fsp3) is 0.474. The fourth-order valence-corrected chi connectivity index (χ4v) is 3.13. The summed E-state index contributed by atoms with van der Waals surface area (Å²) in [6, 6.07) is 6.87. The zero-order valence-electron chi connectivity index (χ0n) is 15.0. The molecule has 1 heterocycles. The number of nitrogens with zero attached hydrogens (tertiary/aromatic N) is 1. The van der Waals surface area contributed by atoms with E-state index in [2.05, 4.69) is 4.98 Å². The molecule has 0 aliphatic rings. The van der Waals surface area contributed by atoms with E-state index in [1.54, 1.807) is 24.3 Å². The van der Waals surface area contributed by atoms with Crippen LogP contribution in [0.15, 0.2) is 29.1 Å². The lowest BCUT2D eigenvalue weighted by Crippen LogP contribution is -2.20. The highest BCUT2D eigenvalue weighted by Gasteiger charge is 2.15. The average Bonchev–Trinajstić information content (AvgIpc) is 2.89. The lowest BCUT2D eigenvalue weighted by molar-refractivity contribution is -0.137. The number of carbonyl (C=O) groups is 1. The maximum Gasteiger partial charge on any atom is 0.328 e. The number of rotatable bonds is 11. The Labute approximate surface area is 162 Å². The summed E-state index contributed by atoms with van der Waals surface area (Å²) in [5.41, 5.74) is 0.824. The van der Waals surface area contributed by atoms with E-state index in [1.807, 2.05) is 0 Å². The quantitative estimate of drug-likeness (QED) is 0.435. The molecular weight excluding hydrogens is 372 g/mol. The number of hydrogen-bond donors (Lipinski definition) is 4. The molecule has 1 aromatic carbocycles. The molecule has 1 atom stereocenters. The largest absolute Gasteiger partial charge is 0.493 e. The molecule has 4 N–H and O–H groups in total. The van der Waals surface area contributed by atoms with Gasteiger partial charge in [0.2, 0.25) is 5.88 Å². The molecule has 0 saturated carbocycles. The Morgan fingerprint density at radius 2 is 1.81 bits per heavy atom. The van der Waals surface area contributed by atoms with Crippen molar-refractivity contribution in [3.05, 3.63) is 51.0 Å². The molecule has 0 spiro atoms. The van der Waals surface area contributed by atoms with Gasteiger partial charge in [-0.05, 0) is 43.4 Å². The summed E-state index contributed by atoms with van der Waals surface area (Å²) >= 11 is 5.84. The van der Waals surface area contributed by atoms with Gasteiger partial charge in [-0.3, -0.25) is 14.3 Å². The standard InChI is InChI=1S/C19H25ClN2O5/c20-14-9-7-13(8-10-14)16(23)11-12-22-15(18(26)21-19(22)27)5-3-1-2-4-6-17(24)25/h7-10,16,23,26H,1-6,11-12H2,(H,21,27)(H,24,25). The van der Waals surface area contributed by atoms with Crippen molar-refractivity contribution in [3.8, 4) is 5.88 Å². The van der Waals surface area contributed by atoms with Crippen molar-refractivity contribution in [3.63, 3.8) is 0 Å². The van der Waals surface area contributed by atoms with Gasteiger partial charge in [-0.2, -0.15) is 0 Å². The summed E-state index contributed by atoms with van der Waals surface area (Å²) in [7, 11) is 0. The number of H-pyrrole nitrogens is 1. The van der Waals surface area contributed by atoms with Gasteiger partial charge in [-0.25, -0.2) is 4.79 Å². The van der Waals surface area contributed by atoms with Crippen LogP contribution in [0.5, 0.6) is 5.88 Å². The number of carboxylic acids is 1. The highest BCUT2D eigenvalue weighted by molar-refractivity contribution is 6.30. The molecule has 1 aromatic heterocycles. The molecule has 27 heavy (non-hydrogen) atoms. The van der Waals surface area contributed by atoms with Crippen LogP contribution in [-0.4, -0.2) is 30.8 Å². The summed E-state index contributed by atoms with van der Waals surface area (Å²) < 4.78 is 1.45. The molecule has 0 saturated heterocycles. The molecule has 2 aromatic rings. The fourth-order valence-electron chi connectivity index (χ4n) is 3.01. The smallest absolute Gasteiger partial charge is 0.328 e. The third kappa shape index (κ3) is 6.45. The predicted molar refractivity (Wildman–Crippen MR) is 102 cm³/mol. The van der Waals surface area contributed by atoms with Gasteiger partial charge in [0, 0.05) is 18.0 Å². The van der Waals surface area contributed by atoms with Crippen molar-refractivity contribution in [1.82, 2.24) is 9.55 Å². The second kappa shape index (κ2) is 10.2. The number of nitrogens with one attached hydrogen (secondary N) is 1. The minimum atomic E-state index is -0.800. The molecule has 0 fully saturated rings. The van der Waals surface area contributed by atoms with Gasteiger partial charge in [-0.15, -0.1) is 0 Å². The van der Waals surface area contributed by atoms with Gasteiger partial charge in [0.25, 0.3) is 0 Å². The van der Waals surface area contributed by atoms with Gasteiger partial charge in [-0.1, -0.05) is 36.6 Å². The van der Waals surface area contributed by atoms with Gasteiger partial charge < -0.3 is 15.3 Å². The maximum absolute atomic E-state index is 12.0. The van der Waals surface area contributed by atoms with Crippen LogP contribution in [0.3, 0.4) is 0 Å². The van der Waals surface area contributed by atoms with Gasteiger partial charge in [0.1, 0.15) is 0 Å². The summed E-state index contributed by atoms with van der Waals surface area (Å²) in [6.45, 7) is 0.272. The molecule has 0 aliphatic heterocycles. The van der Waals surface area contributed by atoms with E-state index in [4.69, 9.17) is 16.7 Å². The number of imidazole rings is 1. The third-order valence-electron chi connectivity index (χ3n) is 4.50. The molecule has 0 amide bonds. The Morgan fingerprint density at radius 3 is 2.48 bits per heavy atom. The zero-order chi connectivity index (χ0) is 19.8. The highest BCUT2D eigenvalue weighted by atomic mass is 35.5. The first-order chi connectivity index (χ1) is 12.9. The average molecular weight is 397 g/mol. The molecule has 2 rings (SSSR count). The van der Waals surface area contributed by atoms with Crippen LogP contribution < -0.4 is 5.69 Å². The van der Waals surface area contributed by atoms with Crippen LogP contribution in [0, 0.1) is 0 Å². The van der Waals surface area contributed by atoms with E-state index < -0.39 is 17.8 Å². The molecule has 0 aliphatic carbocycles. The Bertz CT molecular complexity index is 797. The first-order valence-electron chi connectivity index (χ1n) is 9.04. The number of unbranched alkanes of at least 4 members (excludes halogenated alkanes) is 3. The van der Waals surface area contributed by atoms with Crippen LogP contribution in [0.4, 0.5) is 0 Å². The first kappa shape index (κ1) is 21.1. The normalized spacial score (nSPS) is 12.2. The van der Waals surface area contributed by atoms with Crippen LogP contribution in [0.25, 0.3) is 0 Å². The minimum absolute atomic E-state index is 0.147. The van der Waals surface area contributed by atoms with Crippen LogP contribution >= 0.6 is 11.6 Å². The number of aromatic hydroxyl groups is 1. The lowest BCUT2D eigenvalue weighted by Gasteiger charge is -2.13. The van der Waals surface area contributed by atoms with Crippen molar-refractivity contribution >= 4 is 17.6 Å². The van der Waals surface area contributed by atoms with Crippen molar-refractivity contribution in [2.75, 3.05) is 0 Å². The summed E-state index contributed by atoms with van der Waals surface area (Å²) in [6.07, 6.45) is 3.21. The second-order valence-corrected chi connectivity index (χ2v) is 6.98. The van der Waals surface area contributed by atoms with Crippen LogP contribution in [0.1, 0.15) is 55.9 Å². The maximum atomic E-state index is 12.0. The highest BCUT2D eigenvalue weighted by Crippen LogP contribution is 2.21. The molecule has 148 valence electrons. The lowest BCUT2D eigenvalue weighted by atomic mass is 10.1. The monoisotopic (exact) mass is 396 g/mol. The third-order valence-corrected chi connectivity index (χ3v) is 4.76. The zero-order valence-corrected chi connectivity index (χ0v) is 15.8. The Hall–Kier alpha value is -2.25. The van der Waals surface area contributed by atoms with Crippen molar-refractivity contribution in [1.29, 1.82) is 0 Å². The van der Waals surface area contributed by atoms with E-state index in [-0.39, 0.29) is 18.8 Å². The van der Waals surface area contributed by atoms with Gasteiger partial charge in [0.15, 0.2) is 0 Å². The van der Waals surface area contributed by atoms with Crippen molar-refractivity contribution < 1.29 is 20.1 Å². The van der Waals surface area contributed by atoms with E-state index in [0.29, 0.717) is 35.5 Å². The van der Waals surface area contributed by atoms with E-state index in [9.17, 15) is 19.8 Å². The molecule has 0 bridgehead atoms. The van der Waals surface area contributed by atoms with Gasteiger partial charge in [0.05, 0.1) is 11.8 Å². The topological polar surface area (TPSA) is 116 Å². The number of hydrogen-bond acceptors (Lipinski definition) is 4. The molecule has 8 heteroatoms. The number of aliphatic hydroxyl groups excluding tert-OH is 1. The number of aliphatic carboxylic acids is 1. The molecule has 7 nitrogen and oxygen atoms in total. The summed E-state index contributed by atoms with van der Waals surface area (Å²) in [4.78, 5) is 24.9. The summed E-state index contributed by atoms with van der Waals surface area (Å²) in [5, 5.41) is 29.5. The molecule has 1 unspecified atom stereocenters. The predicted octanol–water partition coefficient (Wildman–Crippen LogP) is 3.24. The van der Waals surface area contributed by atoms with Crippen molar-refractivity contribution in [2.45, 2.75) is 57.6 Å².